The van der Waals surface area contributed by atoms with E-state index >= 15 is 0 Å². The van der Waals surface area contributed by atoms with Crippen LogP contribution in [0.15, 0.2) is 24.3 Å². The lowest BCUT2D eigenvalue weighted by molar-refractivity contribution is -0.144. The summed E-state index contributed by atoms with van der Waals surface area (Å²) >= 11 is 0. The molecule has 4 bridgehead atoms. The van der Waals surface area contributed by atoms with Gasteiger partial charge >= 0.3 is 5.97 Å². The first-order valence-electron chi connectivity index (χ1n) is 11.1. The second-order valence-electron chi connectivity index (χ2n) is 9.54. The summed E-state index contributed by atoms with van der Waals surface area (Å²) in [6.07, 6.45) is 10.9. The molecule has 160 valence electrons. The lowest BCUT2D eigenvalue weighted by Gasteiger charge is -2.56. The smallest absolute Gasteiger partial charge is 0.331 e. The van der Waals surface area contributed by atoms with Gasteiger partial charge in [0, 0.05) is 12.6 Å². The highest BCUT2D eigenvalue weighted by atomic mass is 16.6. The van der Waals surface area contributed by atoms with Gasteiger partial charge in [0.15, 0.2) is 18.1 Å². The zero-order valence-corrected chi connectivity index (χ0v) is 17.2. The van der Waals surface area contributed by atoms with Crippen molar-refractivity contribution in [2.45, 2.75) is 38.5 Å². The summed E-state index contributed by atoms with van der Waals surface area (Å²) in [6.45, 7) is 1.54. The molecule has 1 heterocycles. The molecule has 1 aromatic rings. The summed E-state index contributed by atoms with van der Waals surface area (Å²) in [4.78, 5) is 24.2. The molecule has 4 fully saturated rings. The molecule has 4 saturated carbocycles. The Hall–Kier alpha value is -2.50. The first-order chi connectivity index (χ1) is 14.6. The Bertz CT molecular complexity index is 826. The fourth-order valence-corrected chi connectivity index (χ4v) is 6.36. The molecule has 0 saturated heterocycles. The number of esters is 1. The molecule has 4 aliphatic carbocycles. The molecule has 1 amide bonds. The van der Waals surface area contributed by atoms with E-state index < -0.39 is 5.97 Å². The number of carbonyl (C=O) groups excluding carboxylic acids is 2. The van der Waals surface area contributed by atoms with E-state index in [9.17, 15) is 9.59 Å². The molecule has 0 unspecified atom stereocenters. The van der Waals surface area contributed by atoms with Gasteiger partial charge < -0.3 is 19.5 Å². The maximum atomic E-state index is 12.2. The molecule has 0 spiro atoms. The first-order valence-corrected chi connectivity index (χ1v) is 11.1. The first kappa shape index (κ1) is 19.5. The Morgan fingerprint density at radius 2 is 1.70 bits per heavy atom. The van der Waals surface area contributed by atoms with Crippen LogP contribution in [0.2, 0.25) is 0 Å². The number of nitrogens with one attached hydrogen (secondary N) is 1. The average Bonchev–Trinajstić information content (AvgIpc) is 2.74. The molecule has 0 atom stereocenters. The largest absolute Gasteiger partial charge is 0.486 e. The van der Waals surface area contributed by atoms with Crippen LogP contribution in [0.4, 0.5) is 0 Å². The standard InChI is InChI=1S/C24H29NO5/c26-22(25-15-24-11-17-7-18(12-24)9-19(8-17)13-24)14-30-23(27)4-2-16-1-3-20-21(10-16)29-6-5-28-20/h1-4,10,17-19H,5-9,11-15H2,(H,25,26)/b4-2+. The van der Waals surface area contributed by atoms with E-state index in [1.54, 1.807) is 6.08 Å². The van der Waals surface area contributed by atoms with E-state index in [0.29, 0.717) is 24.7 Å². The van der Waals surface area contributed by atoms with Crippen molar-refractivity contribution in [3.63, 3.8) is 0 Å². The van der Waals surface area contributed by atoms with Gasteiger partial charge in [-0.25, -0.2) is 4.79 Å². The summed E-state index contributed by atoms with van der Waals surface area (Å²) in [5.74, 6) is 3.20. The molecule has 1 aromatic carbocycles. The molecule has 1 N–H and O–H groups in total. The van der Waals surface area contributed by atoms with Crippen LogP contribution in [0.5, 0.6) is 11.5 Å². The molecule has 0 radical (unpaired) electrons. The Morgan fingerprint density at radius 3 is 2.40 bits per heavy atom. The minimum absolute atomic E-state index is 0.216. The molecular formula is C24H29NO5. The summed E-state index contributed by atoms with van der Waals surface area (Å²) in [5.41, 5.74) is 1.09. The number of hydrogen-bond acceptors (Lipinski definition) is 5. The SMILES string of the molecule is O=C(COC(=O)/C=C/c1ccc2c(c1)OCCO2)NCC12CC3CC(CC(C3)C1)C2. The number of benzene rings is 1. The van der Waals surface area contributed by atoms with Crippen molar-refractivity contribution < 1.29 is 23.8 Å². The second kappa shape index (κ2) is 7.97. The molecule has 30 heavy (non-hydrogen) atoms. The maximum Gasteiger partial charge on any atom is 0.331 e. The molecular weight excluding hydrogens is 382 g/mol. The van der Waals surface area contributed by atoms with Gasteiger partial charge in [-0.15, -0.1) is 0 Å². The van der Waals surface area contributed by atoms with Gasteiger partial charge in [0.1, 0.15) is 13.2 Å². The van der Waals surface area contributed by atoms with Gasteiger partial charge in [-0.2, -0.15) is 0 Å². The molecule has 5 aliphatic rings. The minimum atomic E-state index is -0.533. The third kappa shape index (κ3) is 4.18. The van der Waals surface area contributed by atoms with E-state index in [0.717, 1.165) is 29.9 Å². The molecule has 0 aromatic heterocycles. The quantitative estimate of drug-likeness (QED) is 0.574. The van der Waals surface area contributed by atoms with Crippen LogP contribution in [-0.2, 0) is 14.3 Å². The number of ether oxygens (including phenoxy) is 3. The molecule has 6 nitrogen and oxygen atoms in total. The van der Waals surface area contributed by atoms with E-state index in [4.69, 9.17) is 14.2 Å². The summed E-state index contributed by atoms with van der Waals surface area (Å²) in [7, 11) is 0. The van der Waals surface area contributed by atoms with Crippen molar-refractivity contribution in [2.75, 3.05) is 26.4 Å². The van der Waals surface area contributed by atoms with Crippen LogP contribution in [0, 0.1) is 23.2 Å². The molecule has 6 heteroatoms. The summed E-state index contributed by atoms with van der Waals surface area (Å²) in [5, 5.41) is 3.03. The summed E-state index contributed by atoms with van der Waals surface area (Å²) < 4.78 is 16.1. The summed E-state index contributed by atoms with van der Waals surface area (Å²) in [6, 6.07) is 5.48. The monoisotopic (exact) mass is 411 g/mol. The van der Waals surface area contributed by atoms with Crippen LogP contribution in [-0.4, -0.2) is 38.2 Å². The Morgan fingerprint density at radius 1 is 1.03 bits per heavy atom. The maximum absolute atomic E-state index is 12.2. The molecule has 6 rings (SSSR count). The van der Waals surface area contributed by atoms with Gasteiger partial charge in [0.05, 0.1) is 0 Å². The fraction of sp³-hybridized carbons (Fsp3) is 0.583. The van der Waals surface area contributed by atoms with Crippen molar-refractivity contribution in [3.8, 4) is 11.5 Å². The average molecular weight is 411 g/mol. The fourth-order valence-electron chi connectivity index (χ4n) is 6.36. The van der Waals surface area contributed by atoms with E-state index in [1.165, 1.54) is 44.6 Å². The second-order valence-corrected chi connectivity index (χ2v) is 9.54. The van der Waals surface area contributed by atoms with Crippen LogP contribution < -0.4 is 14.8 Å². The van der Waals surface area contributed by atoms with E-state index in [-0.39, 0.29) is 17.9 Å². The van der Waals surface area contributed by atoms with Crippen LogP contribution in [0.1, 0.15) is 44.1 Å². The van der Waals surface area contributed by atoms with Crippen molar-refractivity contribution in [1.82, 2.24) is 5.32 Å². The van der Waals surface area contributed by atoms with Gasteiger partial charge in [-0.3, -0.25) is 4.79 Å². The number of hydrogen-bond donors (Lipinski definition) is 1. The highest BCUT2D eigenvalue weighted by molar-refractivity contribution is 5.89. The lowest BCUT2D eigenvalue weighted by atomic mass is 9.49. The number of carbonyl (C=O) groups is 2. The van der Waals surface area contributed by atoms with Crippen molar-refractivity contribution >= 4 is 18.0 Å². The Kier molecular flexibility index (Phi) is 5.17. The van der Waals surface area contributed by atoms with Crippen LogP contribution >= 0.6 is 0 Å². The third-order valence-electron chi connectivity index (χ3n) is 7.15. The zero-order valence-electron chi connectivity index (χ0n) is 17.2. The Labute approximate surface area is 177 Å². The van der Waals surface area contributed by atoms with E-state index in [1.807, 2.05) is 18.2 Å². The molecule has 1 aliphatic heterocycles. The van der Waals surface area contributed by atoms with Gasteiger partial charge in [-0.05, 0) is 85.5 Å². The predicted molar refractivity (Wildman–Crippen MR) is 111 cm³/mol. The zero-order chi connectivity index (χ0) is 20.6. The highest BCUT2D eigenvalue weighted by Crippen LogP contribution is 2.59. The van der Waals surface area contributed by atoms with E-state index in [2.05, 4.69) is 5.32 Å². The number of fused-ring (bicyclic) bond motifs is 1. The minimum Gasteiger partial charge on any atom is -0.486 e. The third-order valence-corrected chi connectivity index (χ3v) is 7.15. The van der Waals surface area contributed by atoms with Gasteiger partial charge in [0.25, 0.3) is 5.91 Å². The van der Waals surface area contributed by atoms with Crippen LogP contribution in [0.25, 0.3) is 6.08 Å². The van der Waals surface area contributed by atoms with Gasteiger partial charge in [0.2, 0.25) is 0 Å². The normalized spacial score (nSPS) is 31.0. The number of amides is 1. The van der Waals surface area contributed by atoms with Crippen molar-refractivity contribution in [2.24, 2.45) is 23.2 Å². The van der Waals surface area contributed by atoms with Crippen LogP contribution in [0.3, 0.4) is 0 Å². The Balaban J connectivity index is 1.07. The predicted octanol–water partition coefficient (Wildman–Crippen LogP) is 3.35. The van der Waals surface area contributed by atoms with Crippen molar-refractivity contribution in [1.29, 1.82) is 0 Å². The van der Waals surface area contributed by atoms with Gasteiger partial charge in [-0.1, -0.05) is 6.07 Å². The number of rotatable bonds is 6. The highest BCUT2D eigenvalue weighted by Gasteiger charge is 2.50. The lowest BCUT2D eigenvalue weighted by Crippen LogP contribution is -2.51. The topological polar surface area (TPSA) is 73.9 Å². The van der Waals surface area contributed by atoms with Crippen molar-refractivity contribution in [3.05, 3.63) is 29.8 Å².